The van der Waals surface area contributed by atoms with Gasteiger partial charge < -0.3 is 15.6 Å². The Labute approximate surface area is 163 Å². The van der Waals surface area contributed by atoms with Crippen molar-refractivity contribution in [3.05, 3.63) is 29.6 Å². The molecule has 2 aliphatic heterocycles. The minimum absolute atomic E-state index is 0.0526. The van der Waals surface area contributed by atoms with Crippen LogP contribution in [0.3, 0.4) is 0 Å². The van der Waals surface area contributed by atoms with Gasteiger partial charge in [0.25, 0.3) is 0 Å². The summed E-state index contributed by atoms with van der Waals surface area (Å²) in [6.07, 6.45) is -0.359. The zero-order valence-electron chi connectivity index (χ0n) is 16.0. The summed E-state index contributed by atoms with van der Waals surface area (Å²) in [6.45, 7) is 7.66. The molecule has 0 unspecified atom stereocenters. The number of thioether (sulfide) groups is 1. The summed E-state index contributed by atoms with van der Waals surface area (Å²) in [7, 11) is 0. The number of nitrogens with two attached hydrogens (primary N) is 1. The third-order valence-electron chi connectivity index (χ3n) is 5.18. The van der Waals surface area contributed by atoms with Gasteiger partial charge in [0.1, 0.15) is 11.4 Å². The summed E-state index contributed by atoms with van der Waals surface area (Å²) >= 11 is 1.39. The van der Waals surface area contributed by atoms with Gasteiger partial charge in [-0.2, -0.15) is 0 Å². The Bertz CT molecular complexity index is 780. The number of carbonyl (C=O) groups is 1. The molecule has 148 valence electrons. The summed E-state index contributed by atoms with van der Waals surface area (Å²) in [5, 5.41) is 10.1. The monoisotopic (exact) mass is 395 g/mol. The van der Waals surface area contributed by atoms with Gasteiger partial charge in [0.15, 0.2) is 5.17 Å². The molecule has 2 aliphatic rings. The van der Waals surface area contributed by atoms with Crippen LogP contribution < -0.4 is 5.73 Å². The lowest BCUT2D eigenvalue weighted by Crippen LogP contribution is -2.51. The van der Waals surface area contributed by atoms with Gasteiger partial charge in [-0.05, 0) is 45.4 Å². The van der Waals surface area contributed by atoms with E-state index in [1.807, 2.05) is 27.7 Å². The van der Waals surface area contributed by atoms with Crippen LogP contribution in [0.4, 0.5) is 14.9 Å². The van der Waals surface area contributed by atoms with E-state index in [4.69, 9.17) is 15.5 Å². The number of anilines is 1. The van der Waals surface area contributed by atoms with Crippen molar-refractivity contribution in [2.24, 2.45) is 10.9 Å². The molecular formula is C19H26FN3O3S. The lowest BCUT2D eigenvalue weighted by atomic mass is 9.78. The number of ether oxygens (including phenoxy) is 1. The van der Waals surface area contributed by atoms with E-state index in [2.05, 4.69) is 0 Å². The minimum atomic E-state index is -1.08. The predicted molar refractivity (Wildman–Crippen MR) is 106 cm³/mol. The second-order valence-corrected chi connectivity index (χ2v) is 9.01. The van der Waals surface area contributed by atoms with Crippen molar-refractivity contribution < 1.29 is 19.0 Å². The van der Waals surface area contributed by atoms with Crippen LogP contribution in [0.5, 0.6) is 0 Å². The van der Waals surface area contributed by atoms with E-state index >= 15 is 0 Å². The molecule has 1 amide bonds. The molecule has 3 atom stereocenters. The Kier molecular flexibility index (Phi) is 5.16. The first-order valence-corrected chi connectivity index (χ1v) is 10.0. The number of carboxylic acid groups (broad SMARTS) is 1. The molecule has 0 aliphatic carbocycles. The summed E-state index contributed by atoms with van der Waals surface area (Å²) in [4.78, 5) is 18.0. The maximum atomic E-state index is 14.8. The Morgan fingerprint density at radius 3 is 2.81 bits per heavy atom. The van der Waals surface area contributed by atoms with Crippen molar-refractivity contribution in [2.75, 3.05) is 18.1 Å². The third-order valence-corrected chi connectivity index (χ3v) is 6.24. The molecule has 0 bridgehead atoms. The highest BCUT2D eigenvalue weighted by molar-refractivity contribution is 8.13. The molecule has 0 aromatic heterocycles. The first kappa shape index (κ1) is 19.9. The number of hydrogen-bond acceptors (Lipinski definition) is 5. The van der Waals surface area contributed by atoms with Crippen LogP contribution in [0, 0.1) is 11.7 Å². The molecule has 1 fully saturated rings. The van der Waals surface area contributed by atoms with E-state index in [0.717, 1.165) is 6.42 Å². The van der Waals surface area contributed by atoms with Crippen molar-refractivity contribution in [3.63, 3.8) is 0 Å². The fourth-order valence-corrected chi connectivity index (χ4v) is 5.40. The Hall–Kier alpha value is -1.80. The first-order valence-electron chi connectivity index (χ1n) is 9.03. The quantitative estimate of drug-likeness (QED) is 0.741. The van der Waals surface area contributed by atoms with Crippen molar-refractivity contribution in [3.8, 4) is 0 Å². The summed E-state index contributed by atoms with van der Waals surface area (Å²) in [6, 6.07) is 4.45. The average Bonchev–Trinajstić information content (AvgIpc) is 2.94. The van der Waals surface area contributed by atoms with Gasteiger partial charge >= 0.3 is 6.09 Å². The van der Waals surface area contributed by atoms with Crippen LogP contribution in [0.1, 0.15) is 39.7 Å². The SMILES string of the molecule is CC[C@H]1OC[C@]2(c3cc(N)ccc3F)N=C(N(C(=O)O)C(C)(C)C)SC[C@H]12. The predicted octanol–water partition coefficient (Wildman–Crippen LogP) is 3.91. The molecule has 3 rings (SSSR count). The maximum absolute atomic E-state index is 14.8. The van der Waals surface area contributed by atoms with Crippen molar-refractivity contribution in [1.82, 2.24) is 4.90 Å². The van der Waals surface area contributed by atoms with Crippen LogP contribution in [0.15, 0.2) is 23.2 Å². The Morgan fingerprint density at radius 2 is 2.22 bits per heavy atom. The highest BCUT2D eigenvalue weighted by Gasteiger charge is 2.54. The molecule has 1 aromatic rings. The van der Waals surface area contributed by atoms with Crippen LogP contribution in [0.2, 0.25) is 0 Å². The van der Waals surface area contributed by atoms with E-state index in [0.29, 0.717) is 22.2 Å². The van der Waals surface area contributed by atoms with Crippen LogP contribution in [-0.2, 0) is 10.3 Å². The van der Waals surface area contributed by atoms with Gasteiger partial charge in [-0.3, -0.25) is 4.90 Å². The van der Waals surface area contributed by atoms with Gasteiger partial charge in [-0.1, -0.05) is 18.7 Å². The van der Waals surface area contributed by atoms with Gasteiger partial charge in [-0.15, -0.1) is 0 Å². The number of halogens is 1. The first-order chi connectivity index (χ1) is 12.6. The van der Waals surface area contributed by atoms with Crippen LogP contribution in [-0.4, -0.2) is 45.3 Å². The number of aliphatic imine (C=N–C) groups is 1. The van der Waals surface area contributed by atoms with Crippen LogP contribution >= 0.6 is 11.8 Å². The molecule has 3 N–H and O–H groups in total. The summed E-state index contributed by atoms with van der Waals surface area (Å²) in [5.41, 5.74) is 5.10. The molecule has 0 saturated carbocycles. The Balaban J connectivity index is 2.19. The number of nitrogens with zero attached hydrogens (tertiary/aromatic N) is 2. The Morgan fingerprint density at radius 1 is 1.52 bits per heavy atom. The number of amidine groups is 1. The minimum Gasteiger partial charge on any atom is -0.465 e. The molecule has 0 radical (unpaired) electrons. The van der Waals surface area contributed by atoms with Crippen molar-refractivity contribution in [2.45, 2.75) is 51.3 Å². The highest BCUT2D eigenvalue weighted by Crippen LogP contribution is 2.50. The van der Waals surface area contributed by atoms with Gasteiger partial charge in [0.05, 0.1) is 12.7 Å². The molecular weight excluding hydrogens is 369 g/mol. The third kappa shape index (κ3) is 3.40. The number of benzene rings is 1. The van der Waals surface area contributed by atoms with Crippen molar-refractivity contribution in [1.29, 1.82) is 0 Å². The number of fused-ring (bicyclic) bond motifs is 1. The zero-order chi connectivity index (χ0) is 20.0. The molecule has 1 aromatic carbocycles. The van der Waals surface area contributed by atoms with E-state index in [-0.39, 0.29) is 18.6 Å². The lowest BCUT2D eigenvalue weighted by Gasteiger charge is -2.41. The second-order valence-electron chi connectivity index (χ2n) is 8.02. The summed E-state index contributed by atoms with van der Waals surface area (Å²) < 4.78 is 20.8. The second kappa shape index (κ2) is 6.98. The van der Waals surface area contributed by atoms with E-state index in [1.54, 1.807) is 6.07 Å². The number of amides is 1. The van der Waals surface area contributed by atoms with Crippen LogP contribution in [0.25, 0.3) is 0 Å². The van der Waals surface area contributed by atoms with E-state index < -0.39 is 23.0 Å². The average molecular weight is 396 g/mol. The molecule has 2 heterocycles. The lowest BCUT2D eigenvalue weighted by molar-refractivity contribution is 0.0903. The van der Waals surface area contributed by atoms with Gasteiger partial charge in [0, 0.05) is 28.5 Å². The van der Waals surface area contributed by atoms with Gasteiger partial charge in [-0.25, -0.2) is 14.2 Å². The number of hydrogen-bond donors (Lipinski definition) is 2. The molecule has 27 heavy (non-hydrogen) atoms. The number of nitrogen functional groups attached to an aromatic ring is 1. The molecule has 8 heteroatoms. The van der Waals surface area contributed by atoms with Gasteiger partial charge in [0.2, 0.25) is 0 Å². The normalized spacial score (nSPS) is 27.8. The van der Waals surface area contributed by atoms with E-state index in [9.17, 15) is 14.3 Å². The summed E-state index contributed by atoms with van der Waals surface area (Å²) in [5.74, 6) is 0.149. The maximum Gasteiger partial charge on any atom is 0.413 e. The van der Waals surface area contributed by atoms with Crippen molar-refractivity contribution >= 4 is 28.7 Å². The molecule has 6 nitrogen and oxygen atoms in total. The number of rotatable bonds is 2. The fraction of sp³-hybridized carbons (Fsp3) is 0.579. The molecule has 0 spiro atoms. The largest absolute Gasteiger partial charge is 0.465 e. The highest BCUT2D eigenvalue weighted by atomic mass is 32.2. The smallest absolute Gasteiger partial charge is 0.413 e. The topological polar surface area (TPSA) is 88.2 Å². The zero-order valence-corrected chi connectivity index (χ0v) is 16.8. The van der Waals surface area contributed by atoms with E-state index in [1.165, 1.54) is 28.8 Å². The fourth-order valence-electron chi connectivity index (χ4n) is 3.88. The molecule has 1 saturated heterocycles. The standard InChI is InChI=1S/C19H26FN3O3S/c1-5-15-13-9-27-16(23(17(24)25)18(2,3)4)22-19(13,10-26-15)12-8-11(21)6-7-14(12)20/h6-8,13,15H,5,9-10,21H2,1-4H3,(H,24,25)/t13-,15-,19-/m1/s1.